The van der Waals surface area contributed by atoms with Crippen molar-refractivity contribution in [1.29, 1.82) is 0 Å². The second-order valence-corrected chi connectivity index (χ2v) is 9.57. The first kappa shape index (κ1) is 23.6. The molecule has 0 aliphatic carbocycles. The predicted octanol–water partition coefficient (Wildman–Crippen LogP) is 7.22. The van der Waals surface area contributed by atoms with Gasteiger partial charge in [0.2, 0.25) is 5.91 Å². The van der Waals surface area contributed by atoms with Crippen LogP contribution in [0.1, 0.15) is 34.8 Å². The molecule has 0 aliphatic rings. The first-order chi connectivity index (χ1) is 16.4. The van der Waals surface area contributed by atoms with Crippen molar-refractivity contribution < 1.29 is 9.59 Å². The van der Waals surface area contributed by atoms with E-state index in [4.69, 9.17) is 0 Å². The van der Waals surface area contributed by atoms with Crippen molar-refractivity contribution in [1.82, 2.24) is 0 Å². The van der Waals surface area contributed by atoms with Crippen molar-refractivity contribution in [3.8, 4) is 0 Å². The molecule has 5 heteroatoms. The minimum Gasteiger partial charge on any atom is -0.325 e. The molecular weight excluding hydrogens is 440 g/mol. The van der Waals surface area contributed by atoms with Crippen LogP contribution in [-0.4, -0.2) is 17.1 Å². The van der Waals surface area contributed by atoms with Crippen LogP contribution in [0.25, 0.3) is 10.8 Å². The third kappa shape index (κ3) is 5.49. The molecule has 4 aromatic carbocycles. The Morgan fingerprint density at radius 2 is 1.59 bits per heavy atom. The Balaban J connectivity index is 1.44. The van der Waals surface area contributed by atoms with E-state index in [0.29, 0.717) is 17.7 Å². The maximum Gasteiger partial charge on any atom is 0.255 e. The topological polar surface area (TPSA) is 58.2 Å². The molecule has 0 saturated carbocycles. The van der Waals surface area contributed by atoms with Gasteiger partial charge in [0.05, 0.1) is 5.25 Å². The SMILES string of the molecule is CCC(Sc1cccc(NC(=O)c2ccc3ccccc3c2)c1)C(=O)Nc1cccc(C)c1C. The van der Waals surface area contributed by atoms with Gasteiger partial charge in [0, 0.05) is 21.8 Å². The van der Waals surface area contributed by atoms with Gasteiger partial charge in [-0.2, -0.15) is 0 Å². The van der Waals surface area contributed by atoms with Crippen molar-refractivity contribution in [2.45, 2.75) is 37.3 Å². The summed E-state index contributed by atoms with van der Waals surface area (Å²) in [5.74, 6) is -0.181. The average Bonchev–Trinajstić information content (AvgIpc) is 2.85. The molecule has 0 aromatic heterocycles. The fraction of sp³-hybridized carbons (Fsp3) is 0.172. The Morgan fingerprint density at radius 3 is 2.38 bits per heavy atom. The normalized spacial score (nSPS) is 11.7. The van der Waals surface area contributed by atoms with E-state index in [9.17, 15) is 9.59 Å². The summed E-state index contributed by atoms with van der Waals surface area (Å²) in [6, 6.07) is 27.2. The van der Waals surface area contributed by atoms with Crippen LogP contribution in [0.3, 0.4) is 0 Å². The number of amides is 2. The smallest absolute Gasteiger partial charge is 0.255 e. The van der Waals surface area contributed by atoms with Crippen LogP contribution in [0.5, 0.6) is 0 Å². The van der Waals surface area contributed by atoms with Gasteiger partial charge >= 0.3 is 0 Å². The van der Waals surface area contributed by atoms with Crippen LogP contribution >= 0.6 is 11.8 Å². The molecule has 2 amide bonds. The van der Waals surface area contributed by atoms with Crippen LogP contribution < -0.4 is 10.6 Å². The zero-order chi connectivity index (χ0) is 24.1. The quantitative estimate of drug-likeness (QED) is 0.282. The van der Waals surface area contributed by atoms with E-state index >= 15 is 0 Å². The molecule has 0 bridgehead atoms. The summed E-state index contributed by atoms with van der Waals surface area (Å²) < 4.78 is 0. The number of hydrogen-bond donors (Lipinski definition) is 2. The molecule has 4 nitrogen and oxygen atoms in total. The van der Waals surface area contributed by atoms with Gasteiger partial charge in [0.15, 0.2) is 0 Å². The zero-order valence-corrected chi connectivity index (χ0v) is 20.4. The second kappa shape index (κ2) is 10.6. The summed E-state index contributed by atoms with van der Waals surface area (Å²) in [6.07, 6.45) is 0.690. The van der Waals surface area contributed by atoms with Gasteiger partial charge in [-0.25, -0.2) is 0 Å². The minimum absolute atomic E-state index is 0.0215. The summed E-state index contributed by atoms with van der Waals surface area (Å²) in [5.41, 5.74) is 4.38. The first-order valence-electron chi connectivity index (χ1n) is 11.4. The summed E-state index contributed by atoms with van der Waals surface area (Å²) in [4.78, 5) is 26.7. The molecule has 2 N–H and O–H groups in total. The van der Waals surface area contributed by atoms with E-state index in [1.165, 1.54) is 11.8 Å². The van der Waals surface area contributed by atoms with Crippen molar-refractivity contribution in [2.75, 3.05) is 10.6 Å². The van der Waals surface area contributed by atoms with E-state index in [1.807, 2.05) is 106 Å². The van der Waals surface area contributed by atoms with Crippen molar-refractivity contribution in [2.24, 2.45) is 0 Å². The monoisotopic (exact) mass is 468 g/mol. The summed E-state index contributed by atoms with van der Waals surface area (Å²) in [6.45, 7) is 6.06. The highest BCUT2D eigenvalue weighted by Gasteiger charge is 2.19. The van der Waals surface area contributed by atoms with Gasteiger partial charge < -0.3 is 10.6 Å². The molecule has 0 saturated heterocycles. The minimum atomic E-state index is -0.244. The second-order valence-electron chi connectivity index (χ2n) is 8.30. The molecule has 0 aliphatic heterocycles. The van der Waals surface area contributed by atoms with Gasteiger partial charge in [-0.15, -0.1) is 11.8 Å². The largest absolute Gasteiger partial charge is 0.325 e. The lowest BCUT2D eigenvalue weighted by atomic mass is 10.1. The molecule has 1 atom stereocenters. The molecule has 0 radical (unpaired) electrons. The van der Waals surface area contributed by atoms with E-state index in [0.717, 1.165) is 32.5 Å². The van der Waals surface area contributed by atoms with Crippen molar-refractivity contribution in [3.63, 3.8) is 0 Å². The van der Waals surface area contributed by atoms with Crippen LogP contribution in [0.4, 0.5) is 11.4 Å². The van der Waals surface area contributed by atoms with Crippen LogP contribution in [-0.2, 0) is 4.79 Å². The number of rotatable bonds is 7. The Bertz CT molecular complexity index is 1350. The summed E-state index contributed by atoms with van der Waals surface area (Å²) in [7, 11) is 0. The lowest BCUT2D eigenvalue weighted by Gasteiger charge is -2.17. The Labute approximate surface area is 204 Å². The number of hydrogen-bond acceptors (Lipinski definition) is 3. The van der Waals surface area contributed by atoms with Crippen LogP contribution in [0.15, 0.2) is 89.8 Å². The Kier molecular flexibility index (Phi) is 7.33. The van der Waals surface area contributed by atoms with Gasteiger partial charge in [0.1, 0.15) is 0 Å². The molecule has 0 fully saturated rings. The number of carbonyl (C=O) groups excluding carboxylic acids is 2. The summed E-state index contributed by atoms with van der Waals surface area (Å²) in [5, 5.41) is 7.94. The van der Waals surface area contributed by atoms with Gasteiger partial charge in [-0.05, 0) is 78.6 Å². The third-order valence-corrected chi connectivity index (χ3v) is 7.27. The van der Waals surface area contributed by atoms with Gasteiger partial charge in [-0.1, -0.05) is 55.5 Å². The molecule has 172 valence electrons. The number of benzene rings is 4. The van der Waals surface area contributed by atoms with Crippen molar-refractivity contribution in [3.05, 3.63) is 102 Å². The molecule has 0 heterocycles. The highest BCUT2D eigenvalue weighted by atomic mass is 32.2. The Hall–Kier alpha value is -3.57. The van der Waals surface area contributed by atoms with E-state index in [-0.39, 0.29) is 17.1 Å². The molecule has 1 unspecified atom stereocenters. The number of nitrogens with one attached hydrogen (secondary N) is 2. The number of anilines is 2. The maximum absolute atomic E-state index is 13.0. The standard InChI is InChI=1S/C29H28N2O2S/c1-4-27(29(33)31-26-14-7-9-19(2)20(26)3)34-25-13-8-12-24(18-25)30-28(32)23-16-15-21-10-5-6-11-22(21)17-23/h5-18,27H,4H2,1-3H3,(H,30,32)(H,31,33). The lowest BCUT2D eigenvalue weighted by Crippen LogP contribution is -2.25. The van der Waals surface area contributed by atoms with Gasteiger partial charge in [-0.3, -0.25) is 9.59 Å². The van der Waals surface area contributed by atoms with E-state index in [1.54, 1.807) is 0 Å². The fourth-order valence-corrected chi connectivity index (χ4v) is 4.78. The van der Waals surface area contributed by atoms with Crippen molar-refractivity contribution >= 4 is 45.7 Å². The van der Waals surface area contributed by atoms with Crippen LogP contribution in [0, 0.1) is 13.8 Å². The number of thioether (sulfide) groups is 1. The first-order valence-corrected chi connectivity index (χ1v) is 12.3. The molecule has 0 spiro atoms. The highest BCUT2D eigenvalue weighted by molar-refractivity contribution is 8.00. The fourth-order valence-electron chi connectivity index (χ4n) is 3.77. The lowest BCUT2D eigenvalue weighted by molar-refractivity contribution is -0.115. The van der Waals surface area contributed by atoms with E-state index in [2.05, 4.69) is 10.6 Å². The average molecular weight is 469 g/mol. The third-order valence-electron chi connectivity index (χ3n) is 5.91. The molecular formula is C29H28N2O2S. The predicted molar refractivity (Wildman–Crippen MR) is 143 cm³/mol. The number of aryl methyl sites for hydroxylation is 1. The van der Waals surface area contributed by atoms with Gasteiger partial charge in [0.25, 0.3) is 5.91 Å². The number of fused-ring (bicyclic) bond motifs is 1. The zero-order valence-electron chi connectivity index (χ0n) is 19.6. The maximum atomic E-state index is 13.0. The Morgan fingerprint density at radius 1 is 0.824 bits per heavy atom. The van der Waals surface area contributed by atoms with Crippen LogP contribution in [0.2, 0.25) is 0 Å². The molecule has 4 rings (SSSR count). The molecule has 4 aromatic rings. The number of carbonyl (C=O) groups is 2. The van der Waals surface area contributed by atoms with E-state index < -0.39 is 0 Å². The summed E-state index contributed by atoms with van der Waals surface area (Å²) >= 11 is 1.50. The molecule has 34 heavy (non-hydrogen) atoms. The highest BCUT2D eigenvalue weighted by Crippen LogP contribution is 2.29.